The lowest BCUT2D eigenvalue weighted by Crippen LogP contribution is -2.37. The second-order valence-electron chi connectivity index (χ2n) is 5.56. The summed E-state index contributed by atoms with van der Waals surface area (Å²) in [6.07, 6.45) is 9.34. The summed E-state index contributed by atoms with van der Waals surface area (Å²) in [6.45, 7) is 8.11. The molecule has 0 spiro atoms. The number of nitrogens with zero attached hydrogens (tertiary/aromatic N) is 1. The minimum Gasteiger partial charge on any atom is -0.310 e. The Labute approximate surface area is 100 Å². The SMILES string of the molecule is CC(C)N1CC=C(CNC2CCCC2)CC1. The maximum atomic E-state index is 3.71. The van der Waals surface area contributed by atoms with E-state index in [9.17, 15) is 0 Å². The minimum absolute atomic E-state index is 0.695. The van der Waals surface area contributed by atoms with Gasteiger partial charge in [0.2, 0.25) is 0 Å². The van der Waals surface area contributed by atoms with Crippen molar-refractivity contribution in [2.24, 2.45) is 0 Å². The van der Waals surface area contributed by atoms with E-state index in [1.807, 2.05) is 0 Å². The van der Waals surface area contributed by atoms with Crippen molar-refractivity contribution in [1.82, 2.24) is 10.2 Å². The van der Waals surface area contributed by atoms with Crippen molar-refractivity contribution in [3.63, 3.8) is 0 Å². The van der Waals surface area contributed by atoms with E-state index < -0.39 is 0 Å². The van der Waals surface area contributed by atoms with Crippen LogP contribution in [0, 0.1) is 0 Å². The summed E-state index contributed by atoms with van der Waals surface area (Å²) in [5.74, 6) is 0. The van der Waals surface area contributed by atoms with E-state index in [0.717, 1.165) is 19.1 Å². The molecule has 1 aliphatic heterocycles. The van der Waals surface area contributed by atoms with Crippen molar-refractivity contribution >= 4 is 0 Å². The van der Waals surface area contributed by atoms with Crippen LogP contribution in [-0.2, 0) is 0 Å². The molecule has 2 heteroatoms. The zero-order chi connectivity index (χ0) is 11.4. The molecular weight excluding hydrogens is 196 g/mol. The Morgan fingerprint density at radius 1 is 1.38 bits per heavy atom. The Hall–Kier alpha value is -0.340. The summed E-state index contributed by atoms with van der Waals surface area (Å²) >= 11 is 0. The molecule has 1 heterocycles. The van der Waals surface area contributed by atoms with Gasteiger partial charge in [-0.05, 0) is 33.1 Å². The molecule has 0 unspecified atom stereocenters. The molecule has 2 aliphatic rings. The third-order valence-corrected chi connectivity index (χ3v) is 4.04. The fourth-order valence-corrected chi connectivity index (χ4v) is 2.76. The van der Waals surface area contributed by atoms with Gasteiger partial charge in [0, 0.05) is 31.7 Å². The van der Waals surface area contributed by atoms with Crippen LogP contribution in [0.25, 0.3) is 0 Å². The molecule has 2 nitrogen and oxygen atoms in total. The Bertz CT molecular complexity index is 239. The van der Waals surface area contributed by atoms with Gasteiger partial charge in [0.25, 0.3) is 0 Å². The molecule has 0 bridgehead atoms. The van der Waals surface area contributed by atoms with E-state index in [0.29, 0.717) is 6.04 Å². The van der Waals surface area contributed by atoms with Crippen molar-refractivity contribution in [2.45, 2.75) is 58.0 Å². The van der Waals surface area contributed by atoms with Crippen LogP contribution in [0.1, 0.15) is 46.0 Å². The van der Waals surface area contributed by atoms with Crippen LogP contribution < -0.4 is 5.32 Å². The quantitative estimate of drug-likeness (QED) is 0.735. The van der Waals surface area contributed by atoms with Crippen molar-refractivity contribution in [3.8, 4) is 0 Å². The average molecular weight is 222 g/mol. The van der Waals surface area contributed by atoms with Crippen molar-refractivity contribution in [1.29, 1.82) is 0 Å². The highest BCUT2D eigenvalue weighted by molar-refractivity contribution is 5.09. The van der Waals surface area contributed by atoms with Gasteiger partial charge >= 0.3 is 0 Å². The number of rotatable bonds is 4. The fraction of sp³-hybridized carbons (Fsp3) is 0.857. The maximum absolute atomic E-state index is 3.71. The van der Waals surface area contributed by atoms with Crippen LogP contribution in [0.5, 0.6) is 0 Å². The molecule has 92 valence electrons. The summed E-state index contributed by atoms with van der Waals surface area (Å²) in [4.78, 5) is 2.54. The summed E-state index contributed by atoms with van der Waals surface area (Å²) in [7, 11) is 0. The molecule has 0 amide bonds. The van der Waals surface area contributed by atoms with E-state index in [-0.39, 0.29) is 0 Å². The highest BCUT2D eigenvalue weighted by Gasteiger charge is 2.17. The van der Waals surface area contributed by atoms with Gasteiger partial charge in [0.1, 0.15) is 0 Å². The summed E-state index contributed by atoms with van der Waals surface area (Å²) in [6, 6.07) is 1.50. The Balaban J connectivity index is 1.70. The van der Waals surface area contributed by atoms with Crippen molar-refractivity contribution < 1.29 is 0 Å². The Kier molecular flexibility index (Phi) is 4.42. The lowest BCUT2D eigenvalue weighted by Gasteiger charge is -2.30. The highest BCUT2D eigenvalue weighted by Crippen LogP contribution is 2.18. The van der Waals surface area contributed by atoms with Gasteiger partial charge in [-0.15, -0.1) is 0 Å². The van der Waals surface area contributed by atoms with Crippen LogP contribution in [-0.4, -0.2) is 36.6 Å². The molecule has 1 aliphatic carbocycles. The second kappa shape index (κ2) is 5.83. The minimum atomic E-state index is 0.695. The lowest BCUT2D eigenvalue weighted by atomic mass is 10.1. The van der Waals surface area contributed by atoms with Crippen LogP contribution in [0.4, 0.5) is 0 Å². The van der Waals surface area contributed by atoms with Crippen LogP contribution in [0.3, 0.4) is 0 Å². The van der Waals surface area contributed by atoms with Gasteiger partial charge < -0.3 is 5.32 Å². The molecule has 0 radical (unpaired) electrons. The first-order valence-corrected chi connectivity index (χ1v) is 6.91. The van der Waals surface area contributed by atoms with Gasteiger partial charge in [-0.25, -0.2) is 0 Å². The third kappa shape index (κ3) is 3.33. The molecule has 16 heavy (non-hydrogen) atoms. The topological polar surface area (TPSA) is 15.3 Å². The van der Waals surface area contributed by atoms with E-state index in [4.69, 9.17) is 0 Å². The van der Waals surface area contributed by atoms with E-state index in [1.165, 1.54) is 38.6 Å². The van der Waals surface area contributed by atoms with Gasteiger partial charge in [0.15, 0.2) is 0 Å². The molecule has 2 rings (SSSR count). The highest BCUT2D eigenvalue weighted by atomic mass is 15.1. The van der Waals surface area contributed by atoms with Crippen molar-refractivity contribution in [3.05, 3.63) is 11.6 Å². The molecule has 1 fully saturated rings. The zero-order valence-electron chi connectivity index (χ0n) is 10.8. The van der Waals surface area contributed by atoms with E-state index >= 15 is 0 Å². The monoisotopic (exact) mass is 222 g/mol. The molecule has 1 saturated carbocycles. The first-order chi connectivity index (χ1) is 7.75. The first kappa shape index (κ1) is 12.1. The zero-order valence-corrected chi connectivity index (χ0v) is 10.8. The Morgan fingerprint density at radius 3 is 2.69 bits per heavy atom. The largest absolute Gasteiger partial charge is 0.310 e. The summed E-state index contributed by atoms with van der Waals surface area (Å²) in [5, 5.41) is 3.71. The van der Waals surface area contributed by atoms with Gasteiger partial charge in [-0.1, -0.05) is 24.5 Å². The number of hydrogen-bond acceptors (Lipinski definition) is 2. The molecule has 0 saturated heterocycles. The Morgan fingerprint density at radius 2 is 2.12 bits per heavy atom. The molecule has 0 aromatic carbocycles. The van der Waals surface area contributed by atoms with Gasteiger partial charge in [0.05, 0.1) is 0 Å². The first-order valence-electron chi connectivity index (χ1n) is 6.91. The lowest BCUT2D eigenvalue weighted by molar-refractivity contribution is 0.237. The summed E-state index contributed by atoms with van der Waals surface area (Å²) in [5.41, 5.74) is 1.63. The second-order valence-corrected chi connectivity index (χ2v) is 5.56. The summed E-state index contributed by atoms with van der Waals surface area (Å²) < 4.78 is 0. The van der Waals surface area contributed by atoms with Crippen LogP contribution in [0.15, 0.2) is 11.6 Å². The standard InChI is InChI=1S/C14H26N2/c1-12(2)16-9-7-13(8-10-16)11-15-14-5-3-4-6-14/h7,12,14-15H,3-6,8-11H2,1-2H3. The molecule has 0 aromatic heterocycles. The molecule has 1 N–H and O–H groups in total. The van der Waals surface area contributed by atoms with Crippen LogP contribution >= 0.6 is 0 Å². The maximum Gasteiger partial charge on any atom is 0.0169 e. The number of hydrogen-bond donors (Lipinski definition) is 1. The smallest absolute Gasteiger partial charge is 0.0169 e. The van der Waals surface area contributed by atoms with E-state index in [1.54, 1.807) is 5.57 Å². The molecular formula is C14H26N2. The van der Waals surface area contributed by atoms with Gasteiger partial charge in [-0.2, -0.15) is 0 Å². The van der Waals surface area contributed by atoms with Crippen LogP contribution in [0.2, 0.25) is 0 Å². The third-order valence-electron chi connectivity index (χ3n) is 4.04. The predicted molar refractivity (Wildman–Crippen MR) is 69.7 cm³/mol. The molecule has 0 atom stereocenters. The number of nitrogens with one attached hydrogen (secondary N) is 1. The van der Waals surface area contributed by atoms with Gasteiger partial charge in [-0.3, -0.25) is 4.90 Å². The van der Waals surface area contributed by atoms with E-state index in [2.05, 4.69) is 30.1 Å². The fourth-order valence-electron chi connectivity index (χ4n) is 2.76. The molecule has 0 aromatic rings. The van der Waals surface area contributed by atoms with Crippen molar-refractivity contribution in [2.75, 3.05) is 19.6 Å². The predicted octanol–water partition coefficient (Wildman–Crippen LogP) is 2.56. The average Bonchev–Trinajstić information content (AvgIpc) is 2.80. The normalized spacial score (nSPS) is 24.1.